The fraction of sp³-hybridized carbons (Fsp3) is 0.130. The van der Waals surface area contributed by atoms with E-state index in [-0.39, 0.29) is 23.1 Å². The van der Waals surface area contributed by atoms with Crippen LogP contribution in [-0.2, 0) is 6.61 Å². The molecule has 0 aliphatic heterocycles. The van der Waals surface area contributed by atoms with Crippen molar-refractivity contribution in [2.75, 3.05) is 6.61 Å². The van der Waals surface area contributed by atoms with Crippen LogP contribution in [0.25, 0.3) is 27.4 Å². The van der Waals surface area contributed by atoms with Crippen LogP contribution >= 0.6 is 11.3 Å². The lowest BCUT2D eigenvalue weighted by Gasteiger charge is -2.08. The number of hydrogen-bond acceptors (Lipinski definition) is 10. The summed E-state index contributed by atoms with van der Waals surface area (Å²) in [6.07, 6.45) is 3.00. The average molecular weight is 491 g/mol. The van der Waals surface area contributed by atoms with Gasteiger partial charge in [0.25, 0.3) is 0 Å². The Morgan fingerprint density at radius 1 is 1.20 bits per heavy atom. The summed E-state index contributed by atoms with van der Waals surface area (Å²) in [6, 6.07) is 12.1. The number of rotatable bonds is 8. The molecule has 5 aromatic rings. The van der Waals surface area contributed by atoms with Gasteiger partial charge in [0.05, 0.1) is 18.5 Å². The molecule has 0 radical (unpaired) electrons. The van der Waals surface area contributed by atoms with Gasteiger partial charge in [0.15, 0.2) is 10.6 Å². The van der Waals surface area contributed by atoms with Crippen LogP contribution in [0.5, 0.6) is 11.6 Å². The molecule has 0 spiro atoms. The van der Waals surface area contributed by atoms with Crippen LogP contribution in [0.1, 0.15) is 22.3 Å². The van der Waals surface area contributed by atoms with E-state index in [0.717, 1.165) is 11.3 Å². The molecule has 0 aliphatic carbocycles. The van der Waals surface area contributed by atoms with Gasteiger partial charge in [-0.3, -0.25) is 4.98 Å². The minimum Gasteiger partial charge on any atom is -0.494 e. The minimum absolute atomic E-state index is 0.0649. The van der Waals surface area contributed by atoms with Gasteiger partial charge in [0.1, 0.15) is 28.6 Å². The highest BCUT2D eigenvalue weighted by Gasteiger charge is 2.21. The number of carbonyl (C=O) groups is 1. The Bertz CT molecular complexity index is 1580. The lowest BCUT2D eigenvalue weighted by Crippen LogP contribution is -2.15. The van der Waals surface area contributed by atoms with Crippen molar-refractivity contribution in [3.05, 3.63) is 75.8 Å². The third kappa shape index (κ3) is 4.46. The first kappa shape index (κ1) is 22.2. The summed E-state index contributed by atoms with van der Waals surface area (Å²) in [5.41, 5.74) is 0.797. The summed E-state index contributed by atoms with van der Waals surface area (Å²) in [6.45, 7) is 2.21. The standard InChI is InChI=1S/C23H17N5O6S/c1-2-32-15-7-6-13-9-17(23(31)34-18(13)10-15)28-14(11-25-27-28)12-33-20-19(22(29)30)35-21(26-20)16-5-3-4-8-24-16/h3-11H,2,12H2,1H3,(H,29,30). The number of benzene rings is 1. The number of fused-ring (bicyclic) bond motifs is 1. The molecular formula is C23H17N5O6S. The first-order valence-corrected chi connectivity index (χ1v) is 11.2. The van der Waals surface area contributed by atoms with E-state index in [4.69, 9.17) is 13.9 Å². The Balaban J connectivity index is 1.44. The third-order valence-corrected chi connectivity index (χ3v) is 5.93. The van der Waals surface area contributed by atoms with E-state index >= 15 is 0 Å². The van der Waals surface area contributed by atoms with E-state index < -0.39 is 11.6 Å². The zero-order valence-electron chi connectivity index (χ0n) is 18.2. The maximum atomic E-state index is 12.7. The molecule has 12 heteroatoms. The lowest BCUT2D eigenvalue weighted by molar-refractivity contribution is 0.0696. The second kappa shape index (κ2) is 9.35. The summed E-state index contributed by atoms with van der Waals surface area (Å²) in [7, 11) is 0. The molecule has 4 heterocycles. The van der Waals surface area contributed by atoms with Crippen LogP contribution in [-0.4, -0.2) is 42.6 Å². The predicted molar refractivity (Wildman–Crippen MR) is 125 cm³/mol. The molecule has 0 fully saturated rings. The van der Waals surface area contributed by atoms with Crippen LogP contribution in [0.2, 0.25) is 0 Å². The van der Waals surface area contributed by atoms with Crippen LogP contribution < -0.4 is 15.1 Å². The van der Waals surface area contributed by atoms with Crippen LogP contribution in [0.4, 0.5) is 0 Å². The highest BCUT2D eigenvalue weighted by molar-refractivity contribution is 7.17. The zero-order chi connectivity index (χ0) is 24.4. The molecule has 35 heavy (non-hydrogen) atoms. The van der Waals surface area contributed by atoms with Gasteiger partial charge in [-0.15, -0.1) is 16.4 Å². The quantitative estimate of drug-likeness (QED) is 0.320. The molecular weight excluding hydrogens is 474 g/mol. The maximum absolute atomic E-state index is 12.7. The topological polar surface area (TPSA) is 142 Å². The monoisotopic (exact) mass is 491 g/mol. The van der Waals surface area contributed by atoms with Crippen molar-refractivity contribution >= 4 is 28.3 Å². The highest BCUT2D eigenvalue weighted by Crippen LogP contribution is 2.32. The summed E-state index contributed by atoms with van der Waals surface area (Å²) >= 11 is 0.955. The van der Waals surface area contributed by atoms with Crippen molar-refractivity contribution in [3.63, 3.8) is 0 Å². The van der Waals surface area contributed by atoms with Gasteiger partial charge in [-0.05, 0) is 37.3 Å². The Hall–Kier alpha value is -4.58. The number of aromatic nitrogens is 5. The molecule has 5 rings (SSSR count). The largest absolute Gasteiger partial charge is 0.494 e. The smallest absolute Gasteiger partial charge is 0.362 e. The van der Waals surface area contributed by atoms with Crippen LogP contribution in [0.15, 0.2) is 64.1 Å². The van der Waals surface area contributed by atoms with Crippen molar-refractivity contribution < 1.29 is 23.8 Å². The number of thiazole rings is 1. The molecule has 1 aromatic carbocycles. The van der Waals surface area contributed by atoms with Gasteiger partial charge in [-0.1, -0.05) is 11.3 Å². The average Bonchev–Trinajstić information content (AvgIpc) is 3.50. The number of carboxylic acid groups (broad SMARTS) is 1. The number of carboxylic acids is 1. The molecule has 0 aliphatic rings. The first-order chi connectivity index (χ1) is 17.0. The molecule has 0 unspecified atom stereocenters. The van der Waals surface area contributed by atoms with Gasteiger partial charge in [-0.2, -0.15) is 4.98 Å². The van der Waals surface area contributed by atoms with Crippen molar-refractivity contribution in [3.8, 4) is 28.0 Å². The van der Waals surface area contributed by atoms with E-state index in [2.05, 4.69) is 20.3 Å². The molecule has 0 saturated heterocycles. The third-order valence-electron chi connectivity index (χ3n) is 4.88. The number of hydrogen-bond donors (Lipinski definition) is 1. The highest BCUT2D eigenvalue weighted by atomic mass is 32.1. The van der Waals surface area contributed by atoms with E-state index in [9.17, 15) is 14.7 Å². The normalized spacial score (nSPS) is 11.0. The minimum atomic E-state index is -1.17. The molecule has 0 saturated carbocycles. The number of aromatic carboxylic acids is 1. The van der Waals surface area contributed by atoms with E-state index in [0.29, 0.717) is 39.7 Å². The van der Waals surface area contributed by atoms with E-state index in [1.54, 1.807) is 48.7 Å². The number of pyridine rings is 1. The Morgan fingerprint density at radius 3 is 2.86 bits per heavy atom. The predicted octanol–water partition coefficient (Wildman–Crippen LogP) is 3.57. The second-order valence-corrected chi connectivity index (χ2v) is 8.15. The van der Waals surface area contributed by atoms with Crippen molar-refractivity contribution in [2.45, 2.75) is 13.5 Å². The summed E-state index contributed by atoms with van der Waals surface area (Å²) in [5.74, 6) is -0.647. The molecule has 0 bridgehead atoms. The number of ether oxygens (including phenoxy) is 2. The molecule has 4 aromatic heterocycles. The van der Waals surface area contributed by atoms with Gasteiger partial charge in [0, 0.05) is 17.6 Å². The Morgan fingerprint density at radius 2 is 2.09 bits per heavy atom. The zero-order valence-corrected chi connectivity index (χ0v) is 19.1. The van der Waals surface area contributed by atoms with Gasteiger partial charge in [0.2, 0.25) is 5.88 Å². The lowest BCUT2D eigenvalue weighted by atomic mass is 10.2. The van der Waals surface area contributed by atoms with Crippen LogP contribution in [0, 0.1) is 0 Å². The molecule has 11 nitrogen and oxygen atoms in total. The number of nitrogens with zero attached hydrogens (tertiary/aromatic N) is 5. The summed E-state index contributed by atoms with van der Waals surface area (Å²) in [5, 5.41) is 18.5. The molecule has 1 N–H and O–H groups in total. The van der Waals surface area contributed by atoms with Gasteiger partial charge >= 0.3 is 11.6 Å². The SMILES string of the molecule is CCOc1ccc2cc(-n3nncc3COc3nc(-c4ccccn4)sc3C(=O)O)c(=O)oc2c1. The Kier molecular flexibility index (Phi) is 5.94. The van der Waals surface area contributed by atoms with Crippen molar-refractivity contribution in [2.24, 2.45) is 0 Å². The fourth-order valence-corrected chi connectivity index (χ4v) is 4.15. The van der Waals surface area contributed by atoms with E-state index in [1.807, 2.05) is 6.92 Å². The second-order valence-electron chi connectivity index (χ2n) is 7.15. The van der Waals surface area contributed by atoms with Crippen LogP contribution in [0.3, 0.4) is 0 Å². The van der Waals surface area contributed by atoms with Gasteiger partial charge < -0.3 is 19.0 Å². The Labute approximate surface area is 201 Å². The maximum Gasteiger partial charge on any atom is 0.362 e. The summed E-state index contributed by atoms with van der Waals surface area (Å²) < 4.78 is 17.9. The molecule has 0 amide bonds. The fourth-order valence-electron chi connectivity index (χ4n) is 3.32. The molecule has 0 atom stereocenters. The van der Waals surface area contributed by atoms with Crippen molar-refractivity contribution in [1.29, 1.82) is 0 Å². The van der Waals surface area contributed by atoms with E-state index in [1.165, 1.54) is 10.9 Å². The molecule has 176 valence electrons. The van der Waals surface area contributed by atoms with Gasteiger partial charge in [-0.25, -0.2) is 14.3 Å². The first-order valence-electron chi connectivity index (χ1n) is 10.4. The van der Waals surface area contributed by atoms with Crippen molar-refractivity contribution in [1.82, 2.24) is 25.0 Å². The summed E-state index contributed by atoms with van der Waals surface area (Å²) in [4.78, 5) is 32.9.